The summed E-state index contributed by atoms with van der Waals surface area (Å²) in [6, 6.07) is 13.6. The van der Waals surface area contributed by atoms with Crippen molar-refractivity contribution in [3.63, 3.8) is 0 Å². The molecule has 4 heteroatoms. The van der Waals surface area contributed by atoms with E-state index < -0.39 is 0 Å². The molecule has 0 aliphatic carbocycles. The lowest BCUT2D eigenvalue weighted by Crippen LogP contribution is -2.47. The fourth-order valence-corrected chi connectivity index (χ4v) is 4.55. The highest BCUT2D eigenvalue weighted by Crippen LogP contribution is 2.51. The Morgan fingerprint density at radius 1 is 0.897 bits per heavy atom. The van der Waals surface area contributed by atoms with Gasteiger partial charge in [-0.05, 0) is 69.4 Å². The van der Waals surface area contributed by atoms with Crippen LogP contribution in [0.15, 0.2) is 42.5 Å². The van der Waals surface area contributed by atoms with Gasteiger partial charge in [-0.1, -0.05) is 45.4 Å². The van der Waals surface area contributed by atoms with Gasteiger partial charge < -0.3 is 15.4 Å². The van der Waals surface area contributed by atoms with Crippen LogP contribution in [0.1, 0.15) is 70.9 Å². The molecule has 0 radical (unpaired) electrons. The molecule has 0 saturated carbocycles. The standard InChI is InChI=1S/C25H34N2O2/c1-6-24(7-2)17-25(8-3,9-4)29-22-15-14-20(16-21(22)24)27-23(28)26-19-12-10-18(5)11-13-19/h10-16H,6-9,17H2,1-5H3,(H2,26,27,28). The maximum Gasteiger partial charge on any atom is 0.323 e. The molecular formula is C25H34N2O2. The number of hydrogen-bond donors (Lipinski definition) is 2. The second-order valence-electron chi connectivity index (χ2n) is 8.31. The summed E-state index contributed by atoms with van der Waals surface area (Å²) >= 11 is 0. The number of aryl methyl sites for hydroxylation is 1. The third-order valence-electron chi connectivity index (χ3n) is 6.75. The first-order valence-corrected chi connectivity index (χ1v) is 10.9. The smallest absolute Gasteiger partial charge is 0.323 e. The predicted octanol–water partition coefficient (Wildman–Crippen LogP) is 7.04. The number of anilines is 2. The molecule has 0 atom stereocenters. The van der Waals surface area contributed by atoms with Crippen LogP contribution in [0.4, 0.5) is 16.2 Å². The zero-order valence-corrected chi connectivity index (χ0v) is 18.4. The Morgan fingerprint density at radius 3 is 2.07 bits per heavy atom. The summed E-state index contributed by atoms with van der Waals surface area (Å²) in [5.74, 6) is 0.966. The third kappa shape index (κ3) is 4.26. The van der Waals surface area contributed by atoms with Crippen LogP contribution in [0.2, 0.25) is 0 Å². The molecular weight excluding hydrogens is 360 g/mol. The summed E-state index contributed by atoms with van der Waals surface area (Å²) in [6.07, 6.45) is 5.14. The van der Waals surface area contributed by atoms with Gasteiger partial charge in [0.1, 0.15) is 11.4 Å². The Bertz CT molecular complexity index is 850. The Morgan fingerprint density at radius 2 is 1.48 bits per heavy atom. The Balaban J connectivity index is 1.85. The molecule has 0 bridgehead atoms. The van der Waals surface area contributed by atoms with E-state index in [4.69, 9.17) is 4.74 Å². The topological polar surface area (TPSA) is 50.4 Å². The van der Waals surface area contributed by atoms with Crippen molar-refractivity contribution in [3.8, 4) is 5.75 Å². The van der Waals surface area contributed by atoms with Gasteiger partial charge in [-0.2, -0.15) is 0 Å². The van der Waals surface area contributed by atoms with Crippen molar-refractivity contribution >= 4 is 17.4 Å². The van der Waals surface area contributed by atoms with Crippen molar-refractivity contribution in [2.24, 2.45) is 0 Å². The van der Waals surface area contributed by atoms with Crippen LogP contribution in [0.3, 0.4) is 0 Å². The van der Waals surface area contributed by atoms with Gasteiger partial charge in [0.25, 0.3) is 0 Å². The van der Waals surface area contributed by atoms with E-state index in [0.717, 1.165) is 54.8 Å². The van der Waals surface area contributed by atoms with E-state index in [-0.39, 0.29) is 17.0 Å². The number of carbonyl (C=O) groups excluding carboxylic acids is 1. The summed E-state index contributed by atoms with van der Waals surface area (Å²) in [5, 5.41) is 5.88. The van der Waals surface area contributed by atoms with Crippen LogP contribution in [0.25, 0.3) is 0 Å². The molecule has 1 aliphatic heterocycles. The van der Waals surface area contributed by atoms with Gasteiger partial charge in [0.2, 0.25) is 0 Å². The molecule has 2 aromatic carbocycles. The lowest BCUT2D eigenvalue weighted by molar-refractivity contribution is 0.00178. The van der Waals surface area contributed by atoms with Gasteiger partial charge >= 0.3 is 6.03 Å². The number of nitrogens with one attached hydrogen (secondary N) is 2. The molecule has 0 saturated heterocycles. The monoisotopic (exact) mass is 394 g/mol. The zero-order chi connectivity index (χ0) is 21.1. The lowest BCUT2D eigenvalue weighted by atomic mass is 9.65. The van der Waals surface area contributed by atoms with Gasteiger partial charge in [-0.15, -0.1) is 0 Å². The van der Waals surface area contributed by atoms with Crippen LogP contribution in [0.5, 0.6) is 5.75 Å². The van der Waals surface area contributed by atoms with Crippen molar-refractivity contribution < 1.29 is 9.53 Å². The molecule has 3 rings (SSSR count). The summed E-state index contributed by atoms with van der Waals surface area (Å²) in [7, 11) is 0. The highest BCUT2D eigenvalue weighted by Gasteiger charge is 2.46. The second-order valence-corrected chi connectivity index (χ2v) is 8.31. The Kier molecular flexibility index (Phi) is 6.21. The fourth-order valence-electron chi connectivity index (χ4n) is 4.55. The molecule has 1 aliphatic rings. The molecule has 2 amide bonds. The molecule has 156 valence electrons. The van der Waals surface area contributed by atoms with E-state index in [2.05, 4.69) is 44.4 Å². The lowest BCUT2D eigenvalue weighted by Gasteiger charge is -2.48. The summed E-state index contributed by atoms with van der Waals surface area (Å²) in [6.45, 7) is 11.0. The van der Waals surface area contributed by atoms with Crippen molar-refractivity contribution in [1.82, 2.24) is 0 Å². The molecule has 2 aromatic rings. The van der Waals surface area contributed by atoms with Gasteiger partial charge in [-0.3, -0.25) is 0 Å². The molecule has 0 fully saturated rings. The first kappa shape index (κ1) is 21.2. The van der Waals surface area contributed by atoms with Crippen LogP contribution >= 0.6 is 0 Å². The number of amides is 2. The first-order chi connectivity index (χ1) is 13.9. The largest absolute Gasteiger partial charge is 0.487 e. The van der Waals surface area contributed by atoms with Gasteiger partial charge in [0.15, 0.2) is 0 Å². The number of carbonyl (C=O) groups is 1. The maximum atomic E-state index is 12.5. The minimum atomic E-state index is -0.236. The van der Waals surface area contributed by atoms with Crippen molar-refractivity contribution in [3.05, 3.63) is 53.6 Å². The number of ether oxygens (including phenoxy) is 1. The SMILES string of the molecule is CCC1(CC)CC(CC)(CC)c2cc(NC(=O)Nc3ccc(C)cc3)ccc2O1. The van der Waals surface area contributed by atoms with E-state index in [1.165, 1.54) is 5.56 Å². The minimum absolute atomic E-state index is 0.0741. The predicted molar refractivity (Wildman–Crippen MR) is 121 cm³/mol. The van der Waals surface area contributed by atoms with Crippen LogP contribution < -0.4 is 15.4 Å². The molecule has 29 heavy (non-hydrogen) atoms. The summed E-state index contributed by atoms with van der Waals surface area (Å²) in [4.78, 5) is 12.5. The Hall–Kier alpha value is -2.49. The number of benzene rings is 2. The second kappa shape index (κ2) is 8.48. The minimum Gasteiger partial charge on any atom is -0.487 e. The highest BCUT2D eigenvalue weighted by atomic mass is 16.5. The third-order valence-corrected chi connectivity index (χ3v) is 6.75. The van der Waals surface area contributed by atoms with E-state index in [9.17, 15) is 4.79 Å². The van der Waals surface area contributed by atoms with Gasteiger partial charge in [-0.25, -0.2) is 4.79 Å². The molecule has 0 spiro atoms. The van der Waals surface area contributed by atoms with Crippen molar-refractivity contribution in [2.75, 3.05) is 10.6 Å². The zero-order valence-electron chi connectivity index (χ0n) is 18.4. The first-order valence-electron chi connectivity index (χ1n) is 10.9. The number of hydrogen-bond acceptors (Lipinski definition) is 2. The normalized spacial score (nSPS) is 16.4. The van der Waals surface area contributed by atoms with Crippen molar-refractivity contribution in [1.29, 1.82) is 0 Å². The fraction of sp³-hybridized carbons (Fsp3) is 0.480. The average Bonchev–Trinajstić information content (AvgIpc) is 2.74. The number of urea groups is 1. The van der Waals surface area contributed by atoms with Gasteiger partial charge in [0.05, 0.1) is 0 Å². The average molecular weight is 395 g/mol. The molecule has 2 N–H and O–H groups in total. The number of rotatable bonds is 6. The van der Waals surface area contributed by atoms with E-state index >= 15 is 0 Å². The summed E-state index contributed by atoms with van der Waals surface area (Å²) in [5.41, 5.74) is 3.93. The molecule has 0 unspecified atom stereocenters. The molecule has 1 heterocycles. The Labute approximate surface area is 175 Å². The van der Waals surface area contributed by atoms with E-state index in [1.807, 2.05) is 43.3 Å². The molecule has 4 nitrogen and oxygen atoms in total. The summed E-state index contributed by atoms with van der Waals surface area (Å²) < 4.78 is 6.52. The van der Waals surface area contributed by atoms with Gasteiger partial charge in [0, 0.05) is 22.4 Å². The van der Waals surface area contributed by atoms with E-state index in [1.54, 1.807) is 0 Å². The molecule has 0 aromatic heterocycles. The van der Waals surface area contributed by atoms with E-state index in [0.29, 0.717) is 0 Å². The van der Waals surface area contributed by atoms with Crippen LogP contribution in [-0.4, -0.2) is 11.6 Å². The maximum absolute atomic E-state index is 12.5. The van der Waals surface area contributed by atoms with Crippen molar-refractivity contribution in [2.45, 2.75) is 77.7 Å². The highest BCUT2D eigenvalue weighted by molar-refractivity contribution is 5.99. The number of fused-ring (bicyclic) bond motifs is 1. The van der Waals surface area contributed by atoms with Crippen LogP contribution in [0, 0.1) is 6.92 Å². The van der Waals surface area contributed by atoms with Crippen LogP contribution in [-0.2, 0) is 5.41 Å². The quantitative estimate of drug-likeness (QED) is 0.552.